The Balaban J connectivity index is 2.31. The lowest BCUT2D eigenvalue weighted by molar-refractivity contribution is -0.152. The topological polar surface area (TPSA) is 81.7 Å². The zero-order valence-electron chi connectivity index (χ0n) is 30.7. The van der Waals surface area contributed by atoms with E-state index in [9.17, 15) is 14.4 Å². The summed E-state index contributed by atoms with van der Waals surface area (Å²) in [5.74, 6) is -0.177. The number of carbonyl (C=O) groups is 3. The van der Waals surface area contributed by atoms with Gasteiger partial charge in [0.15, 0.2) is 0 Å². The van der Waals surface area contributed by atoms with Crippen LogP contribution in [0.25, 0.3) is 0 Å². The summed E-state index contributed by atoms with van der Waals surface area (Å²) in [5.41, 5.74) is 0.897. The molecule has 270 valence electrons. The minimum Gasteiger partial charge on any atom is -0.462 e. The predicted octanol–water partition coefficient (Wildman–Crippen LogP) is 11.2. The molecule has 1 rings (SSSR count). The van der Waals surface area contributed by atoms with Crippen LogP contribution in [0.5, 0.6) is 0 Å². The van der Waals surface area contributed by atoms with E-state index in [0.717, 1.165) is 43.6 Å². The quantitative estimate of drug-likeness (QED) is 0.0616. The van der Waals surface area contributed by atoms with Gasteiger partial charge in [-0.1, -0.05) is 180 Å². The smallest absolute Gasteiger partial charge is 0.325 e. The highest BCUT2D eigenvalue weighted by molar-refractivity contribution is 5.82. The number of carbonyl (C=O) groups excluding carboxylic acids is 3. The van der Waals surface area contributed by atoms with E-state index in [0.29, 0.717) is 12.8 Å². The highest BCUT2D eigenvalue weighted by Gasteiger charge is 2.19. The third-order valence-corrected chi connectivity index (χ3v) is 8.93. The molecular formula is C41H71NO5. The first kappa shape index (κ1) is 42.7. The summed E-state index contributed by atoms with van der Waals surface area (Å²) in [6, 6.07) is 9.46. The molecule has 1 aromatic rings. The van der Waals surface area contributed by atoms with Crippen molar-refractivity contribution in [2.24, 2.45) is 5.92 Å². The second-order valence-electron chi connectivity index (χ2n) is 14.0. The molecule has 1 unspecified atom stereocenters. The van der Waals surface area contributed by atoms with Gasteiger partial charge < -0.3 is 14.8 Å². The lowest BCUT2D eigenvalue weighted by Crippen LogP contribution is -2.34. The fourth-order valence-corrected chi connectivity index (χ4v) is 5.96. The molecule has 0 fully saturated rings. The van der Waals surface area contributed by atoms with E-state index >= 15 is 0 Å². The number of amides is 1. The summed E-state index contributed by atoms with van der Waals surface area (Å²) in [7, 11) is 0. The van der Waals surface area contributed by atoms with Gasteiger partial charge in [0, 0.05) is 6.42 Å². The molecule has 0 aliphatic heterocycles. The van der Waals surface area contributed by atoms with Crippen LogP contribution in [0.4, 0.5) is 0 Å². The summed E-state index contributed by atoms with van der Waals surface area (Å²) < 4.78 is 11.1. The van der Waals surface area contributed by atoms with Gasteiger partial charge in [0.25, 0.3) is 0 Å². The van der Waals surface area contributed by atoms with Crippen LogP contribution in [0, 0.1) is 5.92 Å². The molecule has 0 saturated heterocycles. The van der Waals surface area contributed by atoms with Crippen LogP contribution in [0.3, 0.4) is 0 Å². The zero-order valence-corrected chi connectivity index (χ0v) is 30.7. The molecular weight excluding hydrogens is 586 g/mol. The highest BCUT2D eigenvalue weighted by Crippen LogP contribution is 2.17. The average molecular weight is 658 g/mol. The first-order valence-electron chi connectivity index (χ1n) is 19.6. The Bertz CT molecular complexity index is 887. The van der Waals surface area contributed by atoms with Crippen LogP contribution >= 0.6 is 0 Å². The van der Waals surface area contributed by atoms with E-state index in [-0.39, 0.29) is 31.4 Å². The summed E-state index contributed by atoms with van der Waals surface area (Å²) in [6.45, 7) is 6.83. The molecule has 0 saturated carbocycles. The molecule has 1 amide bonds. The SMILES string of the molecule is CCCCCCCCCCCCCCC(CC(=O)NCC(=O)OCc1ccccc1)OC(=O)CCCCCCCCCCCC(C)C. The molecule has 6 nitrogen and oxygen atoms in total. The number of esters is 2. The van der Waals surface area contributed by atoms with E-state index in [2.05, 4.69) is 26.1 Å². The van der Waals surface area contributed by atoms with Crippen molar-refractivity contribution in [1.82, 2.24) is 5.32 Å². The maximum Gasteiger partial charge on any atom is 0.325 e. The Morgan fingerprint density at radius 2 is 1.11 bits per heavy atom. The van der Waals surface area contributed by atoms with Gasteiger partial charge in [-0.25, -0.2) is 0 Å². The van der Waals surface area contributed by atoms with Crippen LogP contribution < -0.4 is 5.32 Å². The Morgan fingerprint density at radius 1 is 0.617 bits per heavy atom. The van der Waals surface area contributed by atoms with Gasteiger partial charge in [-0.15, -0.1) is 0 Å². The molecule has 6 heteroatoms. The van der Waals surface area contributed by atoms with Gasteiger partial charge in [-0.05, 0) is 30.7 Å². The van der Waals surface area contributed by atoms with E-state index in [1.54, 1.807) is 0 Å². The molecule has 0 heterocycles. The van der Waals surface area contributed by atoms with Gasteiger partial charge in [-0.2, -0.15) is 0 Å². The van der Waals surface area contributed by atoms with Crippen molar-refractivity contribution in [2.75, 3.05) is 6.54 Å². The van der Waals surface area contributed by atoms with E-state index < -0.39 is 12.1 Å². The Labute approximate surface area is 288 Å². The van der Waals surface area contributed by atoms with Gasteiger partial charge >= 0.3 is 11.9 Å². The monoisotopic (exact) mass is 658 g/mol. The van der Waals surface area contributed by atoms with Gasteiger partial charge in [0.2, 0.25) is 5.91 Å². The fourth-order valence-electron chi connectivity index (χ4n) is 5.96. The summed E-state index contributed by atoms with van der Waals surface area (Å²) >= 11 is 0. The van der Waals surface area contributed by atoms with Crippen LogP contribution in [-0.4, -0.2) is 30.5 Å². The molecule has 0 spiro atoms. The Morgan fingerprint density at radius 3 is 1.64 bits per heavy atom. The maximum atomic E-state index is 12.7. The van der Waals surface area contributed by atoms with E-state index in [1.165, 1.54) is 109 Å². The molecule has 0 aliphatic carbocycles. The normalized spacial score (nSPS) is 11.8. The second-order valence-corrected chi connectivity index (χ2v) is 14.0. The van der Waals surface area contributed by atoms with Crippen LogP contribution in [0.2, 0.25) is 0 Å². The van der Waals surface area contributed by atoms with Crippen molar-refractivity contribution in [3.05, 3.63) is 35.9 Å². The lowest BCUT2D eigenvalue weighted by Gasteiger charge is -2.18. The molecule has 1 atom stereocenters. The van der Waals surface area contributed by atoms with Gasteiger partial charge in [0.05, 0.1) is 6.42 Å². The number of nitrogens with one attached hydrogen (secondary N) is 1. The Hall–Kier alpha value is -2.37. The number of hydrogen-bond donors (Lipinski definition) is 1. The number of benzene rings is 1. The highest BCUT2D eigenvalue weighted by atomic mass is 16.5. The first-order chi connectivity index (χ1) is 22.9. The minimum absolute atomic E-state index is 0.0763. The average Bonchev–Trinajstić information content (AvgIpc) is 3.06. The predicted molar refractivity (Wildman–Crippen MR) is 195 cm³/mol. The number of hydrogen-bond acceptors (Lipinski definition) is 5. The van der Waals surface area contributed by atoms with E-state index in [4.69, 9.17) is 9.47 Å². The maximum absolute atomic E-state index is 12.7. The van der Waals surface area contributed by atoms with Crippen LogP contribution in [0.15, 0.2) is 30.3 Å². The number of unbranched alkanes of at least 4 members (excludes halogenated alkanes) is 19. The molecule has 0 bridgehead atoms. The Kier molecular flexibility index (Phi) is 28.1. The summed E-state index contributed by atoms with van der Waals surface area (Å²) in [4.78, 5) is 37.5. The zero-order chi connectivity index (χ0) is 34.2. The van der Waals surface area contributed by atoms with Crippen LogP contribution in [-0.2, 0) is 30.5 Å². The molecule has 0 radical (unpaired) electrons. The third-order valence-electron chi connectivity index (χ3n) is 8.93. The van der Waals surface area contributed by atoms with Crippen molar-refractivity contribution < 1.29 is 23.9 Å². The third kappa shape index (κ3) is 28.4. The summed E-state index contributed by atoms with van der Waals surface area (Å²) in [6.07, 6.45) is 28.0. The van der Waals surface area contributed by atoms with Gasteiger partial charge in [-0.3, -0.25) is 14.4 Å². The van der Waals surface area contributed by atoms with Crippen molar-refractivity contribution in [1.29, 1.82) is 0 Å². The molecule has 1 aromatic carbocycles. The fraction of sp³-hybridized carbons (Fsp3) is 0.780. The first-order valence-corrected chi connectivity index (χ1v) is 19.6. The summed E-state index contributed by atoms with van der Waals surface area (Å²) in [5, 5.41) is 2.66. The lowest BCUT2D eigenvalue weighted by atomic mass is 10.0. The molecule has 0 aliphatic rings. The van der Waals surface area contributed by atoms with Gasteiger partial charge in [0.1, 0.15) is 19.3 Å². The number of ether oxygens (including phenoxy) is 2. The van der Waals surface area contributed by atoms with Crippen molar-refractivity contribution in [2.45, 2.75) is 194 Å². The standard InChI is InChI=1S/C41H71NO5/c1-4-5-6-7-8-9-10-11-14-17-20-26-31-38(33-39(43)42-34-41(45)46-35-37-29-24-22-25-30-37)47-40(44)32-27-21-18-15-12-13-16-19-23-28-36(2)3/h22,24-25,29-30,36,38H,4-21,23,26-28,31-35H2,1-3H3,(H,42,43). The van der Waals surface area contributed by atoms with Crippen molar-refractivity contribution in [3.8, 4) is 0 Å². The minimum atomic E-state index is -0.483. The van der Waals surface area contributed by atoms with E-state index in [1.807, 2.05) is 30.3 Å². The number of rotatable bonds is 32. The second kappa shape index (κ2) is 30.9. The molecule has 1 N–H and O–H groups in total. The van der Waals surface area contributed by atoms with Crippen LogP contribution in [0.1, 0.15) is 187 Å². The molecule has 47 heavy (non-hydrogen) atoms. The van der Waals surface area contributed by atoms with Crippen molar-refractivity contribution in [3.63, 3.8) is 0 Å². The van der Waals surface area contributed by atoms with Crippen molar-refractivity contribution >= 4 is 17.8 Å². The molecule has 0 aromatic heterocycles. The largest absolute Gasteiger partial charge is 0.462 e.